The Balaban J connectivity index is 1.05. The molecule has 10 heteroatoms. The minimum atomic E-state index is -0.541. The van der Waals surface area contributed by atoms with Crippen LogP contribution >= 0.6 is 0 Å². The van der Waals surface area contributed by atoms with E-state index in [4.69, 9.17) is 10.6 Å². The minimum Gasteiger partial charge on any atom is -0.384 e. The summed E-state index contributed by atoms with van der Waals surface area (Å²) in [5, 5.41) is 3.88. The molecule has 1 aromatic carbocycles. The first-order chi connectivity index (χ1) is 19.0. The van der Waals surface area contributed by atoms with Crippen molar-refractivity contribution in [2.45, 2.75) is 51.5 Å². The Morgan fingerprint density at radius 2 is 1.82 bits per heavy atom. The fourth-order valence-electron chi connectivity index (χ4n) is 5.58. The fourth-order valence-corrected chi connectivity index (χ4v) is 5.58. The van der Waals surface area contributed by atoms with Gasteiger partial charge >= 0.3 is 5.97 Å². The molecule has 1 aliphatic heterocycles. The van der Waals surface area contributed by atoms with Gasteiger partial charge in [-0.2, -0.15) is 0 Å². The highest BCUT2D eigenvalue weighted by atomic mass is 16.7. The number of hydrogen-bond acceptors (Lipinski definition) is 7. The molecule has 3 N–H and O–H groups in total. The average molecular weight is 530 g/mol. The molecule has 0 spiro atoms. The summed E-state index contributed by atoms with van der Waals surface area (Å²) >= 11 is 0. The molecule has 1 saturated heterocycles. The third kappa shape index (κ3) is 6.11. The summed E-state index contributed by atoms with van der Waals surface area (Å²) in [4.78, 5) is 46.9. The van der Waals surface area contributed by atoms with Gasteiger partial charge in [0.15, 0.2) is 0 Å². The Morgan fingerprint density at radius 3 is 2.59 bits per heavy atom. The summed E-state index contributed by atoms with van der Waals surface area (Å²) in [7, 11) is 0. The zero-order valence-electron chi connectivity index (χ0n) is 22.1. The number of pyridine rings is 1. The third-order valence-electron chi connectivity index (χ3n) is 8.02. The van der Waals surface area contributed by atoms with Gasteiger partial charge in [-0.3, -0.25) is 14.7 Å². The van der Waals surface area contributed by atoms with Crippen LogP contribution in [0.15, 0.2) is 41.7 Å². The number of oxime groups is 1. The number of amides is 1. The van der Waals surface area contributed by atoms with Crippen LogP contribution in [0, 0.1) is 11.8 Å². The first kappa shape index (κ1) is 25.5. The van der Waals surface area contributed by atoms with Gasteiger partial charge < -0.3 is 20.5 Å². The van der Waals surface area contributed by atoms with Gasteiger partial charge in [0.25, 0.3) is 0 Å². The highest BCUT2D eigenvalue weighted by molar-refractivity contribution is 5.94. The van der Waals surface area contributed by atoms with Crippen molar-refractivity contribution >= 4 is 28.7 Å². The average Bonchev–Trinajstić information content (AvgIpc) is 3.49. The van der Waals surface area contributed by atoms with E-state index in [1.165, 1.54) is 5.56 Å². The van der Waals surface area contributed by atoms with Gasteiger partial charge in [0, 0.05) is 62.9 Å². The van der Waals surface area contributed by atoms with Crippen LogP contribution in [0.3, 0.4) is 0 Å². The summed E-state index contributed by atoms with van der Waals surface area (Å²) in [6.45, 7) is 4.23. The lowest BCUT2D eigenvalue weighted by Crippen LogP contribution is -2.48. The van der Waals surface area contributed by atoms with Gasteiger partial charge in [-0.25, -0.2) is 9.78 Å². The summed E-state index contributed by atoms with van der Waals surface area (Å²) < 4.78 is 0. The zero-order chi connectivity index (χ0) is 26.8. The molecule has 3 aliphatic rings. The van der Waals surface area contributed by atoms with Crippen molar-refractivity contribution in [3.63, 3.8) is 0 Å². The standard InChI is InChI=1S/C29H35N7O3/c30-27(20-3-1-2-4-20)34-39-29(38)22-7-8-24-25(16-22)33-26(32-24)17-23-15-19(9-10-31-23)18-35-11-13-36(14-12-35)28(37)21-5-6-21/h7-10,15-16,20-21H,1-6,11-14,17-18H2,(H2,30,34)(H,32,33). The summed E-state index contributed by atoms with van der Waals surface area (Å²) in [5.41, 5.74) is 10.0. The number of H-pyrrole nitrogens is 1. The number of hydrogen-bond donors (Lipinski definition) is 2. The van der Waals surface area contributed by atoms with Crippen LogP contribution < -0.4 is 5.73 Å². The number of benzene rings is 1. The molecule has 2 aromatic heterocycles. The van der Waals surface area contributed by atoms with Crippen LogP contribution in [0.4, 0.5) is 0 Å². The fraction of sp³-hybridized carbons (Fsp3) is 0.483. The van der Waals surface area contributed by atoms with Crippen molar-refractivity contribution in [3.8, 4) is 0 Å². The number of carbonyl (C=O) groups excluding carboxylic acids is 2. The lowest BCUT2D eigenvalue weighted by Gasteiger charge is -2.35. The van der Waals surface area contributed by atoms with Crippen LogP contribution in [-0.2, 0) is 22.6 Å². The highest BCUT2D eigenvalue weighted by Gasteiger charge is 2.34. The van der Waals surface area contributed by atoms with Gasteiger partial charge in [0.05, 0.1) is 16.6 Å². The number of nitrogens with one attached hydrogen (secondary N) is 1. The Morgan fingerprint density at radius 1 is 1.03 bits per heavy atom. The Hall–Kier alpha value is -3.79. The second-order valence-electron chi connectivity index (χ2n) is 11.0. The largest absolute Gasteiger partial charge is 0.384 e. The van der Waals surface area contributed by atoms with Crippen LogP contribution in [0.25, 0.3) is 11.0 Å². The topological polar surface area (TPSA) is 130 Å². The SMILES string of the molecule is NC(=NOC(=O)c1ccc2nc(Cc3cc(CN4CCN(C(=O)C5CC5)CC4)ccn3)[nH]c2c1)C1CCCC1. The smallest absolute Gasteiger partial charge is 0.365 e. The predicted molar refractivity (Wildman–Crippen MR) is 147 cm³/mol. The predicted octanol–water partition coefficient (Wildman–Crippen LogP) is 3.22. The molecule has 39 heavy (non-hydrogen) atoms. The van der Waals surface area contributed by atoms with E-state index in [2.05, 4.69) is 31.1 Å². The molecule has 0 bridgehead atoms. The number of nitrogens with two attached hydrogens (primary N) is 1. The molecule has 10 nitrogen and oxygen atoms in total. The molecule has 6 rings (SSSR count). The van der Waals surface area contributed by atoms with E-state index in [1.807, 2.05) is 17.2 Å². The number of piperazine rings is 1. The van der Waals surface area contributed by atoms with E-state index in [9.17, 15) is 9.59 Å². The Bertz CT molecular complexity index is 1380. The molecule has 2 aliphatic carbocycles. The van der Waals surface area contributed by atoms with Gasteiger partial charge in [0.2, 0.25) is 5.91 Å². The van der Waals surface area contributed by atoms with Crippen LogP contribution in [-0.4, -0.2) is 68.6 Å². The molecule has 1 amide bonds. The Labute approximate surface area is 227 Å². The molecular weight excluding hydrogens is 494 g/mol. The van der Waals surface area contributed by atoms with Crippen LogP contribution in [0.2, 0.25) is 0 Å². The maximum Gasteiger partial charge on any atom is 0.365 e. The van der Waals surface area contributed by atoms with Crippen molar-refractivity contribution in [1.29, 1.82) is 0 Å². The van der Waals surface area contributed by atoms with E-state index in [1.54, 1.807) is 18.2 Å². The van der Waals surface area contributed by atoms with Crippen molar-refractivity contribution in [2.75, 3.05) is 26.2 Å². The maximum atomic E-state index is 12.5. The lowest BCUT2D eigenvalue weighted by molar-refractivity contribution is -0.134. The van der Waals surface area contributed by atoms with E-state index in [0.29, 0.717) is 23.7 Å². The zero-order valence-corrected chi connectivity index (χ0v) is 22.1. The number of aromatic nitrogens is 3. The van der Waals surface area contributed by atoms with Crippen molar-refractivity contribution < 1.29 is 14.4 Å². The highest BCUT2D eigenvalue weighted by Crippen LogP contribution is 2.31. The first-order valence-corrected chi connectivity index (χ1v) is 14.0. The molecule has 3 aromatic rings. The van der Waals surface area contributed by atoms with Gasteiger partial charge in [-0.05, 0) is 61.6 Å². The number of rotatable bonds is 8. The molecule has 0 unspecified atom stereocenters. The summed E-state index contributed by atoms with van der Waals surface area (Å²) in [6, 6.07) is 9.38. The van der Waals surface area contributed by atoms with Crippen molar-refractivity contribution in [3.05, 3.63) is 59.2 Å². The summed E-state index contributed by atoms with van der Waals surface area (Å²) in [6.07, 6.45) is 8.76. The minimum absolute atomic E-state index is 0.204. The molecule has 3 fully saturated rings. The quantitative estimate of drug-likeness (QED) is 0.198. The monoisotopic (exact) mass is 529 g/mol. The normalized spacial score (nSPS) is 19.1. The molecule has 2 saturated carbocycles. The number of nitrogens with zero attached hydrogens (tertiary/aromatic N) is 5. The number of amidine groups is 1. The Kier molecular flexibility index (Phi) is 7.28. The number of carbonyl (C=O) groups is 2. The van der Waals surface area contributed by atoms with E-state index in [-0.39, 0.29) is 11.8 Å². The van der Waals surface area contributed by atoms with Crippen LogP contribution in [0.5, 0.6) is 0 Å². The number of fused-ring (bicyclic) bond motifs is 1. The van der Waals surface area contributed by atoms with Gasteiger partial charge in [0.1, 0.15) is 11.7 Å². The second-order valence-corrected chi connectivity index (χ2v) is 11.0. The number of aromatic amines is 1. The third-order valence-corrected chi connectivity index (χ3v) is 8.02. The van der Waals surface area contributed by atoms with Gasteiger partial charge in [-0.15, -0.1) is 0 Å². The van der Waals surface area contributed by atoms with Crippen molar-refractivity contribution in [1.82, 2.24) is 24.8 Å². The first-order valence-electron chi connectivity index (χ1n) is 14.0. The molecule has 0 radical (unpaired) electrons. The second kappa shape index (κ2) is 11.1. The van der Waals surface area contributed by atoms with E-state index < -0.39 is 5.97 Å². The van der Waals surface area contributed by atoms with Gasteiger partial charge in [-0.1, -0.05) is 18.0 Å². The lowest BCUT2D eigenvalue weighted by atomic mass is 10.1. The van der Waals surface area contributed by atoms with Crippen LogP contribution in [0.1, 0.15) is 66.0 Å². The molecule has 0 atom stereocenters. The summed E-state index contributed by atoms with van der Waals surface area (Å²) in [5.74, 6) is 1.46. The number of imidazole rings is 1. The van der Waals surface area contributed by atoms with E-state index >= 15 is 0 Å². The molecule has 204 valence electrons. The van der Waals surface area contributed by atoms with E-state index in [0.717, 1.165) is 93.8 Å². The molecular formula is C29H35N7O3. The molecule has 3 heterocycles. The van der Waals surface area contributed by atoms with Crippen molar-refractivity contribution in [2.24, 2.45) is 22.7 Å². The maximum absolute atomic E-state index is 12.5.